The summed E-state index contributed by atoms with van der Waals surface area (Å²) in [7, 11) is 0. The molecule has 0 unspecified atom stereocenters. The van der Waals surface area contributed by atoms with Gasteiger partial charge >= 0.3 is 0 Å². The van der Waals surface area contributed by atoms with E-state index in [0.717, 1.165) is 11.1 Å². The number of ether oxygens (including phenoxy) is 1. The number of benzene rings is 3. The molecule has 0 fully saturated rings. The first-order chi connectivity index (χ1) is 14.2. The van der Waals surface area contributed by atoms with Gasteiger partial charge in [0.1, 0.15) is 12.4 Å². The van der Waals surface area contributed by atoms with E-state index in [4.69, 9.17) is 10.00 Å². The Kier molecular flexibility index (Phi) is 6.80. The third-order valence-electron chi connectivity index (χ3n) is 4.44. The van der Waals surface area contributed by atoms with Gasteiger partial charge in [0.15, 0.2) is 0 Å². The summed E-state index contributed by atoms with van der Waals surface area (Å²) in [4.78, 5) is 14.7. The van der Waals surface area contributed by atoms with Gasteiger partial charge in [0, 0.05) is 18.7 Å². The van der Waals surface area contributed by atoms with Gasteiger partial charge in [-0.2, -0.15) is 5.26 Å². The Balaban J connectivity index is 1.65. The molecule has 0 heterocycles. The molecule has 3 aromatic carbocycles. The monoisotopic (exact) mass is 382 g/mol. The fourth-order valence-electron chi connectivity index (χ4n) is 2.90. The lowest BCUT2D eigenvalue weighted by Gasteiger charge is -2.21. The first-order valence-corrected chi connectivity index (χ1v) is 9.35. The second-order valence-corrected chi connectivity index (χ2v) is 6.58. The molecule has 144 valence electrons. The number of nitriles is 1. The summed E-state index contributed by atoms with van der Waals surface area (Å²) >= 11 is 0. The minimum absolute atomic E-state index is 0.0798. The van der Waals surface area contributed by atoms with Crippen molar-refractivity contribution in [1.82, 2.24) is 4.90 Å². The van der Waals surface area contributed by atoms with Crippen LogP contribution in [0, 0.1) is 11.3 Å². The average Bonchev–Trinajstić information content (AvgIpc) is 2.78. The molecule has 0 saturated carbocycles. The topological polar surface area (TPSA) is 53.3 Å². The second kappa shape index (κ2) is 9.91. The van der Waals surface area contributed by atoms with Crippen LogP contribution >= 0.6 is 0 Å². The van der Waals surface area contributed by atoms with E-state index in [-0.39, 0.29) is 5.91 Å². The molecule has 4 nitrogen and oxygen atoms in total. The van der Waals surface area contributed by atoms with Gasteiger partial charge in [-0.05, 0) is 47.5 Å². The third kappa shape index (κ3) is 5.57. The summed E-state index contributed by atoms with van der Waals surface area (Å²) in [6, 6.07) is 26.4. The molecule has 0 spiro atoms. The Bertz CT molecular complexity index is 988. The van der Waals surface area contributed by atoms with Crippen LogP contribution in [0.25, 0.3) is 0 Å². The lowest BCUT2D eigenvalue weighted by atomic mass is 10.1. The van der Waals surface area contributed by atoms with Crippen LogP contribution in [0.2, 0.25) is 0 Å². The maximum absolute atomic E-state index is 12.9. The molecule has 0 N–H and O–H groups in total. The van der Waals surface area contributed by atoms with E-state index >= 15 is 0 Å². The van der Waals surface area contributed by atoms with Gasteiger partial charge in [-0.1, -0.05) is 48.5 Å². The summed E-state index contributed by atoms with van der Waals surface area (Å²) < 4.78 is 5.78. The smallest absolute Gasteiger partial charge is 0.254 e. The average molecular weight is 382 g/mol. The standard InChI is InChI=1S/C25H22N2O2/c1-2-16-27(18-21-10-8-20(17-26)9-11-21)25(28)23-12-14-24(15-13-23)29-19-22-6-4-3-5-7-22/h2-15H,1,16,18-19H2. The summed E-state index contributed by atoms with van der Waals surface area (Å²) in [6.07, 6.45) is 1.71. The van der Waals surface area contributed by atoms with Crippen LogP contribution in [0.1, 0.15) is 27.0 Å². The normalized spacial score (nSPS) is 10.0. The SMILES string of the molecule is C=CCN(Cc1ccc(C#N)cc1)C(=O)c1ccc(OCc2ccccc2)cc1. The molecule has 29 heavy (non-hydrogen) atoms. The van der Waals surface area contributed by atoms with Crippen molar-refractivity contribution in [2.45, 2.75) is 13.2 Å². The zero-order valence-corrected chi connectivity index (χ0v) is 16.1. The Labute approximate surface area is 171 Å². The predicted octanol–water partition coefficient (Wildman–Crippen LogP) is 4.97. The Hall–Kier alpha value is -3.84. The van der Waals surface area contributed by atoms with E-state index < -0.39 is 0 Å². The second-order valence-electron chi connectivity index (χ2n) is 6.58. The van der Waals surface area contributed by atoms with E-state index in [2.05, 4.69) is 12.6 Å². The van der Waals surface area contributed by atoms with Crippen LogP contribution in [-0.2, 0) is 13.2 Å². The van der Waals surface area contributed by atoms with Crippen LogP contribution in [-0.4, -0.2) is 17.4 Å². The molecule has 0 aromatic heterocycles. The zero-order chi connectivity index (χ0) is 20.5. The fourth-order valence-corrected chi connectivity index (χ4v) is 2.90. The molecule has 0 radical (unpaired) electrons. The van der Waals surface area contributed by atoms with Gasteiger partial charge in [0.2, 0.25) is 0 Å². The molecule has 0 saturated heterocycles. The maximum Gasteiger partial charge on any atom is 0.254 e. The van der Waals surface area contributed by atoms with Crippen molar-refractivity contribution in [1.29, 1.82) is 5.26 Å². The van der Waals surface area contributed by atoms with Crippen molar-refractivity contribution in [3.63, 3.8) is 0 Å². The van der Waals surface area contributed by atoms with E-state index in [1.165, 1.54) is 0 Å². The van der Waals surface area contributed by atoms with Gasteiger partial charge in [-0.15, -0.1) is 6.58 Å². The summed E-state index contributed by atoms with van der Waals surface area (Å²) in [5, 5.41) is 8.92. The van der Waals surface area contributed by atoms with Crippen LogP contribution in [0.5, 0.6) is 5.75 Å². The Morgan fingerprint density at radius 3 is 2.28 bits per heavy atom. The van der Waals surface area contributed by atoms with Gasteiger partial charge < -0.3 is 9.64 Å². The number of carbonyl (C=O) groups is 1. The summed E-state index contributed by atoms with van der Waals surface area (Å²) in [5.74, 6) is 0.636. The molecule has 0 atom stereocenters. The van der Waals surface area contributed by atoms with Gasteiger partial charge in [-0.25, -0.2) is 0 Å². The quantitative estimate of drug-likeness (QED) is 0.517. The van der Waals surface area contributed by atoms with Crippen molar-refractivity contribution in [3.05, 3.63) is 114 Å². The van der Waals surface area contributed by atoms with Crippen LogP contribution in [0.15, 0.2) is 91.5 Å². The number of hydrogen-bond acceptors (Lipinski definition) is 3. The molecular weight excluding hydrogens is 360 g/mol. The highest BCUT2D eigenvalue weighted by Gasteiger charge is 2.15. The summed E-state index contributed by atoms with van der Waals surface area (Å²) in [5.41, 5.74) is 3.24. The van der Waals surface area contributed by atoms with E-state index in [1.807, 2.05) is 54.6 Å². The molecule has 0 aliphatic heterocycles. The molecule has 0 bridgehead atoms. The van der Waals surface area contributed by atoms with Crippen molar-refractivity contribution in [2.24, 2.45) is 0 Å². The first-order valence-electron chi connectivity index (χ1n) is 9.35. The summed E-state index contributed by atoms with van der Waals surface area (Å²) in [6.45, 7) is 5.12. The highest BCUT2D eigenvalue weighted by Crippen LogP contribution is 2.17. The first kappa shape index (κ1) is 19.9. The third-order valence-corrected chi connectivity index (χ3v) is 4.44. The Morgan fingerprint density at radius 2 is 1.66 bits per heavy atom. The lowest BCUT2D eigenvalue weighted by molar-refractivity contribution is 0.0762. The molecule has 3 aromatic rings. The zero-order valence-electron chi connectivity index (χ0n) is 16.1. The predicted molar refractivity (Wildman–Crippen MR) is 113 cm³/mol. The van der Waals surface area contributed by atoms with Crippen molar-refractivity contribution < 1.29 is 9.53 Å². The van der Waals surface area contributed by atoms with Crippen LogP contribution in [0.3, 0.4) is 0 Å². The molecule has 3 rings (SSSR count). The van der Waals surface area contributed by atoms with Gasteiger partial charge in [-0.3, -0.25) is 4.79 Å². The fraction of sp³-hybridized carbons (Fsp3) is 0.120. The molecule has 0 aliphatic rings. The number of hydrogen-bond donors (Lipinski definition) is 0. The highest BCUT2D eigenvalue weighted by molar-refractivity contribution is 5.94. The highest BCUT2D eigenvalue weighted by atomic mass is 16.5. The van der Waals surface area contributed by atoms with Crippen molar-refractivity contribution in [3.8, 4) is 11.8 Å². The maximum atomic E-state index is 12.9. The minimum Gasteiger partial charge on any atom is -0.489 e. The van der Waals surface area contributed by atoms with E-state index in [1.54, 1.807) is 35.2 Å². The lowest BCUT2D eigenvalue weighted by Crippen LogP contribution is -2.30. The number of nitrogens with zero attached hydrogens (tertiary/aromatic N) is 2. The number of rotatable bonds is 8. The van der Waals surface area contributed by atoms with Crippen LogP contribution < -0.4 is 4.74 Å². The van der Waals surface area contributed by atoms with Crippen LogP contribution in [0.4, 0.5) is 0 Å². The van der Waals surface area contributed by atoms with E-state index in [0.29, 0.717) is 36.6 Å². The van der Waals surface area contributed by atoms with Crippen molar-refractivity contribution >= 4 is 5.91 Å². The largest absolute Gasteiger partial charge is 0.489 e. The molecule has 4 heteroatoms. The molecular formula is C25H22N2O2. The Morgan fingerprint density at radius 1 is 0.966 bits per heavy atom. The van der Waals surface area contributed by atoms with Gasteiger partial charge in [0.05, 0.1) is 11.6 Å². The van der Waals surface area contributed by atoms with Crippen molar-refractivity contribution in [2.75, 3.05) is 6.54 Å². The minimum atomic E-state index is -0.0798. The molecule has 1 amide bonds. The number of amides is 1. The molecule has 0 aliphatic carbocycles. The van der Waals surface area contributed by atoms with Gasteiger partial charge in [0.25, 0.3) is 5.91 Å². The number of carbonyl (C=O) groups excluding carboxylic acids is 1. The van der Waals surface area contributed by atoms with E-state index in [9.17, 15) is 4.79 Å².